The quantitative estimate of drug-likeness (QED) is 0.260. The third-order valence-corrected chi connectivity index (χ3v) is 8.31. The number of aromatic carboxylic acids is 1. The van der Waals surface area contributed by atoms with Gasteiger partial charge in [0.05, 0.1) is 46.5 Å². The van der Waals surface area contributed by atoms with E-state index in [9.17, 15) is 19.8 Å². The number of aliphatic hydroxyl groups is 1. The normalized spacial score (nSPS) is 20.6. The fraction of sp³-hybridized carbons (Fsp3) is 0.286. The second-order valence-corrected chi connectivity index (χ2v) is 10.8. The molecule has 11 nitrogen and oxygen atoms in total. The van der Waals surface area contributed by atoms with Crippen LogP contribution in [-0.2, 0) is 11.8 Å². The van der Waals surface area contributed by atoms with E-state index >= 15 is 0 Å². The maximum Gasteiger partial charge on any atom is 0.341 e. The minimum atomic E-state index is -1.30. The van der Waals surface area contributed by atoms with Crippen LogP contribution in [0.15, 0.2) is 41.6 Å². The van der Waals surface area contributed by atoms with Crippen molar-refractivity contribution in [3.63, 3.8) is 0 Å². The van der Waals surface area contributed by atoms with E-state index < -0.39 is 17.5 Å². The molecule has 2 saturated heterocycles. The Kier molecular flexibility index (Phi) is 5.53. The summed E-state index contributed by atoms with van der Waals surface area (Å²) in [6, 6.07) is 5.40. The van der Waals surface area contributed by atoms with Crippen LogP contribution in [0.2, 0.25) is 5.02 Å². The van der Waals surface area contributed by atoms with Crippen molar-refractivity contribution in [1.29, 1.82) is 0 Å². The van der Waals surface area contributed by atoms with Crippen molar-refractivity contribution in [3.8, 4) is 11.1 Å². The summed E-state index contributed by atoms with van der Waals surface area (Å²) >= 11 is 6.53. The predicted octanol–water partition coefficient (Wildman–Crippen LogP) is 3.22. The molecule has 1 aromatic carbocycles. The lowest BCUT2D eigenvalue weighted by Gasteiger charge is -2.24. The highest BCUT2D eigenvalue weighted by Gasteiger charge is 2.44. The average Bonchev–Trinajstić information content (AvgIpc) is 3.63. The van der Waals surface area contributed by atoms with E-state index in [1.807, 2.05) is 19.2 Å². The first-order valence-corrected chi connectivity index (χ1v) is 13.2. The fourth-order valence-electron chi connectivity index (χ4n) is 6.18. The first kappa shape index (κ1) is 24.8. The number of carboxylic acid groups (broad SMARTS) is 1. The van der Waals surface area contributed by atoms with Crippen LogP contribution in [0.25, 0.3) is 44.1 Å². The van der Waals surface area contributed by atoms with Crippen LogP contribution < -0.4 is 15.6 Å². The van der Waals surface area contributed by atoms with E-state index in [0.29, 0.717) is 47.1 Å². The lowest BCUT2D eigenvalue weighted by molar-refractivity contribution is 0.0695. The van der Waals surface area contributed by atoms with Gasteiger partial charge in [-0.25, -0.2) is 14.8 Å². The molecular formula is C28H25ClN6O5. The van der Waals surface area contributed by atoms with Gasteiger partial charge in [0.1, 0.15) is 16.9 Å². The maximum atomic E-state index is 13.1. The zero-order valence-electron chi connectivity index (χ0n) is 21.6. The predicted molar refractivity (Wildman–Crippen MR) is 153 cm³/mol. The topological polar surface area (TPSA) is 146 Å². The first-order chi connectivity index (χ1) is 19.2. The number of halogens is 1. The zero-order chi connectivity index (χ0) is 27.9. The third-order valence-electron chi connectivity index (χ3n) is 8.09. The van der Waals surface area contributed by atoms with E-state index in [4.69, 9.17) is 21.3 Å². The van der Waals surface area contributed by atoms with Gasteiger partial charge in [0.2, 0.25) is 5.43 Å². The maximum absolute atomic E-state index is 13.1. The van der Waals surface area contributed by atoms with Gasteiger partial charge in [-0.3, -0.25) is 4.79 Å². The van der Waals surface area contributed by atoms with Gasteiger partial charge in [-0.1, -0.05) is 11.6 Å². The van der Waals surface area contributed by atoms with Crippen LogP contribution in [0.4, 0.5) is 11.4 Å². The summed E-state index contributed by atoms with van der Waals surface area (Å²) in [6.45, 7) is 1.45. The molecule has 204 valence electrons. The second-order valence-electron chi connectivity index (χ2n) is 10.4. The minimum Gasteiger partial charge on any atom is -0.477 e. The van der Waals surface area contributed by atoms with Gasteiger partial charge < -0.3 is 34.7 Å². The number of ether oxygens (including phenoxy) is 1. The number of carbonyl (C=O) groups is 1. The van der Waals surface area contributed by atoms with Crippen molar-refractivity contribution < 1.29 is 19.7 Å². The van der Waals surface area contributed by atoms with Gasteiger partial charge in [-0.15, -0.1) is 0 Å². The molecule has 5 aromatic rings. The van der Waals surface area contributed by atoms with Gasteiger partial charge in [0.15, 0.2) is 0 Å². The molecule has 0 saturated carbocycles. The first-order valence-electron chi connectivity index (χ1n) is 12.8. The molecule has 4 N–H and O–H groups in total. The summed E-state index contributed by atoms with van der Waals surface area (Å²) in [7, 11) is 3.48. The van der Waals surface area contributed by atoms with E-state index in [1.165, 1.54) is 10.8 Å². The Labute approximate surface area is 232 Å². The third kappa shape index (κ3) is 3.58. The van der Waals surface area contributed by atoms with Crippen LogP contribution in [0.5, 0.6) is 0 Å². The number of hydrogen-bond donors (Lipinski definition) is 4. The van der Waals surface area contributed by atoms with Gasteiger partial charge in [0.25, 0.3) is 0 Å². The number of fused-ring (bicyclic) bond motifs is 5. The molecule has 0 spiro atoms. The minimum absolute atomic E-state index is 0.0436. The number of aromatic amines is 1. The summed E-state index contributed by atoms with van der Waals surface area (Å²) < 4.78 is 7.42. The SMILES string of the molecule is CNc1cc(Cl)cc2c1[nH]c1ncc(-c3cnc4c(c3)c(=O)c(C(=O)O)cn4C)c(N3CC4OCC(O)C4C3)c12. The lowest BCUT2D eigenvalue weighted by atomic mass is 10.0. The Balaban J connectivity index is 1.53. The number of carboxylic acids is 1. The highest BCUT2D eigenvalue weighted by molar-refractivity contribution is 6.33. The number of nitrogens with zero attached hydrogens (tertiary/aromatic N) is 4. The van der Waals surface area contributed by atoms with Crippen molar-refractivity contribution in [2.45, 2.75) is 12.2 Å². The highest BCUT2D eigenvalue weighted by Crippen LogP contribution is 2.45. The summed E-state index contributed by atoms with van der Waals surface area (Å²) in [5.74, 6) is -1.34. The Hall–Kier alpha value is -4.19. The monoisotopic (exact) mass is 560 g/mol. The van der Waals surface area contributed by atoms with Crippen molar-refractivity contribution >= 4 is 61.9 Å². The summed E-state index contributed by atoms with van der Waals surface area (Å²) in [6.07, 6.45) is 4.00. The molecule has 0 aliphatic carbocycles. The summed E-state index contributed by atoms with van der Waals surface area (Å²) in [4.78, 5) is 39.8. The van der Waals surface area contributed by atoms with E-state index in [0.717, 1.165) is 27.7 Å². The molecule has 0 amide bonds. The molecule has 2 aliphatic rings. The van der Waals surface area contributed by atoms with Gasteiger partial charge in [-0.2, -0.15) is 0 Å². The van der Waals surface area contributed by atoms with Crippen molar-refractivity contribution in [2.75, 3.05) is 37.0 Å². The molecule has 0 bridgehead atoms. The van der Waals surface area contributed by atoms with Crippen LogP contribution >= 0.6 is 11.6 Å². The van der Waals surface area contributed by atoms with Crippen molar-refractivity contribution in [3.05, 3.63) is 57.6 Å². The molecule has 2 aliphatic heterocycles. The molecule has 0 radical (unpaired) electrons. The second kappa shape index (κ2) is 8.91. The Morgan fingerprint density at radius 3 is 2.77 bits per heavy atom. The zero-order valence-corrected chi connectivity index (χ0v) is 22.4. The molecule has 2 fully saturated rings. The molecule has 3 unspecified atom stereocenters. The molecule has 6 heterocycles. The molecule has 4 aromatic heterocycles. The van der Waals surface area contributed by atoms with E-state index in [2.05, 4.69) is 20.2 Å². The van der Waals surface area contributed by atoms with Crippen molar-refractivity contribution in [2.24, 2.45) is 13.0 Å². The van der Waals surface area contributed by atoms with Crippen LogP contribution in [-0.4, -0.2) is 74.7 Å². The van der Waals surface area contributed by atoms with Crippen LogP contribution in [0.1, 0.15) is 10.4 Å². The number of pyridine rings is 3. The summed E-state index contributed by atoms with van der Waals surface area (Å²) in [5.41, 5.74) is 3.94. The number of anilines is 2. The number of aryl methyl sites for hydroxylation is 1. The van der Waals surface area contributed by atoms with Crippen molar-refractivity contribution in [1.82, 2.24) is 19.5 Å². The van der Waals surface area contributed by atoms with E-state index in [1.54, 1.807) is 25.5 Å². The Morgan fingerprint density at radius 2 is 2.02 bits per heavy atom. The molecular weight excluding hydrogens is 536 g/mol. The highest BCUT2D eigenvalue weighted by atomic mass is 35.5. The van der Waals surface area contributed by atoms with E-state index in [-0.39, 0.29) is 23.0 Å². The number of hydrogen-bond acceptors (Lipinski definition) is 8. The summed E-state index contributed by atoms with van der Waals surface area (Å²) in [5, 5.41) is 25.8. The number of nitrogens with one attached hydrogen (secondary N) is 2. The van der Waals surface area contributed by atoms with Gasteiger partial charge >= 0.3 is 5.97 Å². The standard InChI is InChI=1S/C28H25ClN6O5/c1-30-19-5-13(29)4-14-22-24(35-9-17-20(36)11-40-21(17)10-35)16(7-31-26(22)33-23(14)19)12-3-15-25(37)18(28(38)39)8-34(2)27(15)32-6-12/h3-8,17,20-21,30,36H,9-11H2,1-2H3,(H,31,33)(H,38,39). The fourth-order valence-corrected chi connectivity index (χ4v) is 6.40. The number of benzene rings is 1. The largest absolute Gasteiger partial charge is 0.477 e. The number of aromatic nitrogens is 4. The molecule has 12 heteroatoms. The number of aliphatic hydroxyl groups excluding tert-OH is 1. The molecule has 3 atom stereocenters. The Bertz CT molecular complexity index is 1930. The Morgan fingerprint density at radius 1 is 1.20 bits per heavy atom. The number of H-pyrrole nitrogens is 1. The van der Waals surface area contributed by atoms with Crippen LogP contribution in [0.3, 0.4) is 0 Å². The molecule has 7 rings (SSSR count). The average molecular weight is 561 g/mol. The molecule has 40 heavy (non-hydrogen) atoms. The van der Waals surface area contributed by atoms with Gasteiger partial charge in [0, 0.05) is 73.2 Å². The number of rotatable bonds is 4. The smallest absolute Gasteiger partial charge is 0.341 e. The lowest BCUT2D eigenvalue weighted by Crippen LogP contribution is -2.26. The van der Waals surface area contributed by atoms with Gasteiger partial charge in [-0.05, 0) is 18.2 Å². The van der Waals surface area contributed by atoms with Crippen LogP contribution in [0, 0.1) is 5.92 Å².